The molecule has 2 aliphatic heterocycles. The smallest absolute Gasteiger partial charge is 0.125 e. The van der Waals surface area contributed by atoms with E-state index in [4.69, 9.17) is 9.47 Å². The summed E-state index contributed by atoms with van der Waals surface area (Å²) in [6.45, 7) is 7.73. The van der Waals surface area contributed by atoms with E-state index in [0.29, 0.717) is 12.4 Å². The predicted octanol–water partition coefficient (Wildman–Crippen LogP) is 5.19. The maximum Gasteiger partial charge on any atom is 0.125 e. The molecule has 0 bridgehead atoms. The number of methoxy groups -OCH3 is 1. The Morgan fingerprint density at radius 2 is 1.67 bits per heavy atom. The van der Waals surface area contributed by atoms with E-state index in [9.17, 15) is 5.11 Å². The molecule has 0 aliphatic carbocycles. The molecule has 2 aliphatic rings. The predicted molar refractivity (Wildman–Crippen MR) is 146 cm³/mol. The Morgan fingerprint density at radius 1 is 0.889 bits per heavy atom. The topological polar surface area (TPSA) is 48.4 Å². The Balaban J connectivity index is 1.14. The summed E-state index contributed by atoms with van der Waals surface area (Å²) in [6.07, 6.45) is 1.10. The molecule has 1 saturated heterocycles. The van der Waals surface area contributed by atoms with Crippen molar-refractivity contribution in [3.63, 3.8) is 0 Å². The molecule has 0 radical (unpaired) electrons. The third-order valence-electron chi connectivity index (χ3n) is 6.93. The highest BCUT2D eigenvalue weighted by Crippen LogP contribution is 2.43. The Labute approximate surface area is 218 Å². The Bertz CT molecular complexity index is 1100. The number of nitrogens with zero attached hydrogens (tertiary/aromatic N) is 3. The van der Waals surface area contributed by atoms with Crippen molar-refractivity contribution in [2.75, 3.05) is 57.8 Å². The molecule has 6 nitrogen and oxygen atoms in total. The molecule has 0 spiro atoms. The molecule has 1 unspecified atom stereocenters. The summed E-state index contributed by atoms with van der Waals surface area (Å²) in [5, 5.41) is 9.53. The van der Waals surface area contributed by atoms with E-state index in [-0.39, 0.29) is 6.10 Å². The second kappa shape index (κ2) is 12.0. The van der Waals surface area contributed by atoms with Gasteiger partial charge < -0.3 is 19.5 Å². The fourth-order valence-electron chi connectivity index (χ4n) is 4.96. The average Bonchev–Trinajstić information content (AvgIpc) is 2.93. The molecule has 36 heavy (non-hydrogen) atoms. The van der Waals surface area contributed by atoms with Gasteiger partial charge in [-0.2, -0.15) is 0 Å². The highest BCUT2D eigenvalue weighted by Gasteiger charge is 2.30. The van der Waals surface area contributed by atoms with Gasteiger partial charge in [0.1, 0.15) is 17.6 Å². The molecule has 3 aromatic rings. The number of hydrogen-bond donors (Lipinski definition) is 1. The summed E-state index contributed by atoms with van der Waals surface area (Å²) in [7, 11) is 1.74. The Hall–Kier alpha value is -2.71. The normalized spacial score (nSPS) is 18.7. The fourth-order valence-corrected chi connectivity index (χ4v) is 6.14. The molecule has 5 rings (SSSR count). The lowest BCUT2D eigenvalue weighted by molar-refractivity contribution is 0.0228. The van der Waals surface area contributed by atoms with Crippen molar-refractivity contribution in [3.8, 4) is 11.5 Å². The van der Waals surface area contributed by atoms with Gasteiger partial charge in [-0.3, -0.25) is 4.90 Å². The molecule has 3 aromatic carbocycles. The SMILES string of the molecule is COc1cccc2c1C(OCc1ccccc1)CN(CCCN1CCN(c3ccc(O)cc3)CC1)S2. The van der Waals surface area contributed by atoms with Crippen LogP contribution in [0.15, 0.2) is 77.7 Å². The number of aromatic hydroxyl groups is 1. The zero-order valence-electron chi connectivity index (χ0n) is 20.9. The van der Waals surface area contributed by atoms with E-state index in [1.165, 1.54) is 21.7 Å². The molecule has 0 aromatic heterocycles. The summed E-state index contributed by atoms with van der Waals surface area (Å²) in [5.41, 5.74) is 3.54. The van der Waals surface area contributed by atoms with Crippen LogP contribution >= 0.6 is 11.9 Å². The average molecular weight is 506 g/mol. The van der Waals surface area contributed by atoms with E-state index in [1.54, 1.807) is 19.2 Å². The number of benzene rings is 3. The van der Waals surface area contributed by atoms with Crippen molar-refractivity contribution in [1.82, 2.24) is 9.21 Å². The van der Waals surface area contributed by atoms with Crippen molar-refractivity contribution >= 4 is 17.6 Å². The first-order valence-corrected chi connectivity index (χ1v) is 13.5. The van der Waals surface area contributed by atoms with Gasteiger partial charge in [0.05, 0.1) is 13.7 Å². The molecule has 0 saturated carbocycles. The van der Waals surface area contributed by atoms with Crippen molar-refractivity contribution in [3.05, 3.63) is 83.9 Å². The van der Waals surface area contributed by atoms with Gasteiger partial charge >= 0.3 is 0 Å². The maximum absolute atomic E-state index is 9.53. The molecule has 1 fully saturated rings. The summed E-state index contributed by atoms with van der Waals surface area (Å²) < 4.78 is 14.6. The monoisotopic (exact) mass is 505 g/mol. The largest absolute Gasteiger partial charge is 0.508 e. The van der Waals surface area contributed by atoms with Crippen LogP contribution in [0.25, 0.3) is 0 Å². The van der Waals surface area contributed by atoms with Crippen LogP contribution in [0.3, 0.4) is 0 Å². The van der Waals surface area contributed by atoms with Crippen LogP contribution < -0.4 is 9.64 Å². The van der Waals surface area contributed by atoms with Crippen molar-refractivity contribution < 1.29 is 14.6 Å². The first-order chi connectivity index (χ1) is 17.7. The van der Waals surface area contributed by atoms with E-state index in [2.05, 4.69) is 50.5 Å². The molecule has 2 heterocycles. The van der Waals surface area contributed by atoms with Gasteiger partial charge in [-0.25, -0.2) is 4.31 Å². The van der Waals surface area contributed by atoms with Crippen molar-refractivity contribution in [2.24, 2.45) is 0 Å². The zero-order chi connectivity index (χ0) is 24.7. The lowest BCUT2D eigenvalue weighted by atomic mass is 10.1. The molecular weight excluding hydrogens is 470 g/mol. The fraction of sp³-hybridized carbons (Fsp3) is 0.379. The van der Waals surface area contributed by atoms with E-state index in [1.807, 2.05) is 36.2 Å². The Morgan fingerprint density at radius 3 is 2.42 bits per heavy atom. The lowest BCUT2D eigenvalue weighted by Crippen LogP contribution is -2.47. The number of fused-ring (bicyclic) bond motifs is 1. The number of rotatable bonds is 9. The molecule has 1 N–H and O–H groups in total. The quantitative estimate of drug-likeness (QED) is 0.402. The molecule has 1 atom stereocenters. The number of hydrogen-bond acceptors (Lipinski definition) is 7. The lowest BCUT2D eigenvalue weighted by Gasteiger charge is -2.37. The van der Waals surface area contributed by atoms with Gasteiger partial charge in [0, 0.05) is 55.4 Å². The van der Waals surface area contributed by atoms with Gasteiger partial charge in [-0.15, -0.1) is 0 Å². The molecular formula is C29H35N3O3S. The number of phenolic OH excluding ortho intramolecular Hbond substituents is 1. The highest BCUT2D eigenvalue weighted by molar-refractivity contribution is 7.97. The van der Waals surface area contributed by atoms with E-state index < -0.39 is 0 Å². The van der Waals surface area contributed by atoms with Gasteiger partial charge in [-0.1, -0.05) is 36.4 Å². The van der Waals surface area contributed by atoms with Gasteiger partial charge in [-0.05, 0) is 66.9 Å². The number of phenols is 1. The first-order valence-electron chi connectivity index (χ1n) is 12.7. The van der Waals surface area contributed by atoms with Crippen molar-refractivity contribution in [1.29, 1.82) is 0 Å². The number of piperazine rings is 1. The van der Waals surface area contributed by atoms with Crippen LogP contribution in [0.4, 0.5) is 5.69 Å². The Kier molecular flexibility index (Phi) is 8.33. The van der Waals surface area contributed by atoms with Gasteiger partial charge in [0.15, 0.2) is 0 Å². The standard InChI is InChI=1S/C29H35N3O3S/c1-34-26-9-5-10-28-29(26)27(35-22-23-7-3-2-4-8-23)21-32(36-28)16-6-15-30-17-19-31(20-18-30)24-11-13-25(33)14-12-24/h2-5,7-14,27,33H,6,15-22H2,1H3. The second-order valence-electron chi connectivity index (χ2n) is 9.34. The van der Waals surface area contributed by atoms with Crippen LogP contribution in [0.1, 0.15) is 23.7 Å². The minimum atomic E-state index is -0.0218. The van der Waals surface area contributed by atoms with E-state index in [0.717, 1.165) is 58.0 Å². The minimum Gasteiger partial charge on any atom is -0.508 e. The maximum atomic E-state index is 9.53. The number of anilines is 1. The third kappa shape index (κ3) is 6.16. The van der Waals surface area contributed by atoms with Crippen LogP contribution in [-0.2, 0) is 11.3 Å². The van der Waals surface area contributed by atoms with Crippen LogP contribution in [-0.4, -0.2) is 67.2 Å². The van der Waals surface area contributed by atoms with Gasteiger partial charge in [0.2, 0.25) is 0 Å². The van der Waals surface area contributed by atoms with Crippen LogP contribution in [0, 0.1) is 0 Å². The zero-order valence-corrected chi connectivity index (χ0v) is 21.7. The van der Waals surface area contributed by atoms with Gasteiger partial charge in [0.25, 0.3) is 0 Å². The van der Waals surface area contributed by atoms with Crippen LogP contribution in [0.2, 0.25) is 0 Å². The van der Waals surface area contributed by atoms with Crippen LogP contribution in [0.5, 0.6) is 11.5 Å². The first kappa shape index (κ1) is 25.0. The van der Waals surface area contributed by atoms with Crippen molar-refractivity contribution in [2.45, 2.75) is 24.0 Å². The number of ether oxygens (including phenoxy) is 2. The third-order valence-corrected chi connectivity index (χ3v) is 8.07. The summed E-state index contributed by atoms with van der Waals surface area (Å²) >= 11 is 1.82. The molecule has 190 valence electrons. The molecule has 7 heteroatoms. The highest BCUT2D eigenvalue weighted by atomic mass is 32.2. The summed E-state index contributed by atoms with van der Waals surface area (Å²) in [6, 6.07) is 24.2. The van der Waals surface area contributed by atoms with E-state index >= 15 is 0 Å². The summed E-state index contributed by atoms with van der Waals surface area (Å²) in [5.74, 6) is 1.23. The molecule has 0 amide bonds. The second-order valence-corrected chi connectivity index (χ2v) is 10.5. The summed E-state index contributed by atoms with van der Waals surface area (Å²) in [4.78, 5) is 6.18. The minimum absolute atomic E-state index is 0.0218.